The first-order valence-corrected chi connectivity index (χ1v) is 6.14. The van der Waals surface area contributed by atoms with E-state index in [1.807, 2.05) is 6.07 Å². The molecule has 0 aromatic carbocycles. The Balaban J connectivity index is 1.95. The van der Waals surface area contributed by atoms with Crippen molar-refractivity contribution in [1.82, 2.24) is 9.97 Å². The van der Waals surface area contributed by atoms with Gasteiger partial charge in [0, 0.05) is 19.2 Å². The van der Waals surface area contributed by atoms with Crippen LogP contribution in [0.3, 0.4) is 0 Å². The predicted molar refractivity (Wildman–Crippen MR) is 67.2 cm³/mol. The van der Waals surface area contributed by atoms with Gasteiger partial charge >= 0.3 is 0 Å². The van der Waals surface area contributed by atoms with Crippen LogP contribution >= 0.6 is 0 Å². The van der Waals surface area contributed by atoms with Crippen molar-refractivity contribution in [2.75, 3.05) is 31.6 Å². The average molecular weight is 236 g/mol. The first kappa shape index (κ1) is 12.1. The quantitative estimate of drug-likeness (QED) is 0.846. The maximum absolute atomic E-state index is 5.59. The largest absolute Gasteiger partial charge is 0.481 e. The van der Waals surface area contributed by atoms with Crippen LogP contribution in [0.5, 0.6) is 5.88 Å². The van der Waals surface area contributed by atoms with E-state index in [1.54, 1.807) is 13.4 Å². The molecule has 0 radical (unpaired) electrons. The summed E-state index contributed by atoms with van der Waals surface area (Å²) >= 11 is 0. The fraction of sp³-hybridized carbons (Fsp3) is 0.667. The Morgan fingerprint density at radius 1 is 1.41 bits per heavy atom. The van der Waals surface area contributed by atoms with Crippen molar-refractivity contribution >= 4 is 5.82 Å². The number of hydrogen-bond donors (Lipinski definition) is 1. The van der Waals surface area contributed by atoms with Crippen LogP contribution in [-0.4, -0.2) is 36.7 Å². The number of aromatic nitrogens is 2. The normalized spacial score (nSPS) is 17.2. The molecule has 0 aliphatic carbocycles. The topological polar surface area (TPSA) is 64.3 Å². The zero-order valence-corrected chi connectivity index (χ0v) is 10.3. The summed E-state index contributed by atoms with van der Waals surface area (Å²) in [5.41, 5.74) is 5.59. The Hall–Kier alpha value is -1.36. The third kappa shape index (κ3) is 3.06. The highest BCUT2D eigenvalue weighted by molar-refractivity contribution is 5.41. The van der Waals surface area contributed by atoms with Gasteiger partial charge in [-0.25, -0.2) is 9.97 Å². The summed E-state index contributed by atoms with van der Waals surface area (Å²) in [6.07, 6.45) is 5.09. The number of piperidine rings is 1. The second-order valence-electron chi connectivity index (χ2n) is 4.43. The van der Waals surface area contributed by atoms with Crippen LogP contribution in [-0.2, 0) is 0 Å². The maximum Gasteiger partial charge on any atom is 0.218 e. The summed E-state index contributed by atoms with van der Waals surface area (Å²) in [7, 11) is 1.62. The Labute approximate surface area is 102 Å². The van der Waals surface area contributed by atoms with Crippen LogP contribution < -0.4 is 15.4 Å². The van der Waals surface area contributed by atoms with E-state index < -0.39 is 0 Å². The van der Waals surface area contributed by atoms with Crippen molar-refractivity contribution in [2.45, 2.75) is 19.3 Å². The second-order valence-corrected chi connectivity index (χ2v) is 4.43. The molecule has 5 heteroatoms. The van der Waals surface area contributed by atoms with Crippen molar-refractivity contribution in [1.29, 1.82) is 0 Å². The van der Waals surface area contributed by atoms with Crippen LogP contribution in [0, 0.1) is 5.92 Å². The highest BCUT2D eigenvalue weighted by Crippen LogP contribution is 2.24. The summed E-state index contributed by atoms with van der Waals surface area (Å²) in [5, 5.41) is 0. The molecule has 1 aliphatic heterocycles. The van der Waals surface area contributed by atoms with E-state index in [-0.39, 0.29) is 0 Å². The number of methoxy groups -OCH3 is 1. The second kappa shape index (κ2) is 5.82. The highest BCUT2D eigenvalue weighted by Gasteiger charge is 2.19. The summed E-state index contributed by atoms with van der Waals surface area (Å²) < 4.78 is 5.11. The summed E-state index contributed by atoms with van der Waals surface area (Å²) in [5.74, 6) is 2.36. The van der Waals surface area contributed by atoms with Crippen LogP contribution in [0.4, 0.5) is 5.82 Å². The van der Waals surface area contributed by atoms with Gasteiger partial charge in [0.05, 0.1) is 7.11 Å². The third-order valence-electron chi connectivity index (χ3n) is 3.35. The average Bonchev–Trinajstić information content (AvgIpc) is 2.40. The molecule has 1 aromatic heterocycles. The van der Waals surface area contributed by atoms with Gasteiger partial charge in [-0.15, -0.1) is 0 Å². The van der Waals surface area contributed by atoms with Gasteiger partial charge in [-0.05, 0) is 31.7 Å². The van der Waals surface area contributed by atoms with Crippen molar-refractivity contribution in [3.63, 3.8) is 0 Å². The molecular weight excluding hydrogens is 216 g/mol. The number of anilines is 1. The summed E-state index contributed by atoms with van der Waals surface area (Å²) in [6.45, 7) is 2.89. The Morgan fingerprint density at radius 3 is 2.82 bits per heavy atom. The van der Waals surface area contributed by atoms with Gasteiger partial charge in [0.1, 0.15) is 12.1 Å². The predicted octanol–water partition coefficient (Wildman–Crippen LogP) is 1.05. The van der Waals surface area contributed by atoms with E-state index in [4.69, 9.17) is 10.5 Å². The van der Waals surface area contributed by atoms with E-state index in [0.29, 0.717) is 5.88 Å². The SMILES string of the molecule is COc1cc(N2CCC(CCN)CC2)ncn1. The van der Waals surface area contributed by atoms with Crippen molar-refractivity contribution in [2.24, 2.45) is 11.7 Å². The lowest BCUT2D eigenvalue weighted by molar-refractivity contribution is 0.381. The Kier molecular flexibility index (Phi) is 4.14. The fourth-order valence-electron chi connectivity index (χ4n) is 2.30. The first-order valence-electron chi connectivity index (χ1n) is 6.14. The maximum atomic E-state index is 5.59. The lowest BCUT2D eigenvalue weighted by Gasteiger charge is -2.32. The third-order valence-corrected chi connectivity index (χ3v) is 3.35. The monoisotopic (exact) mass is 236 g/mol. The molecule has 2 heterocycles. The lowest BCUT2D eigenvalue weighted by Crippen LogP contribution is -2.34. The molecule has 1 aromatic rings. The molecule has 0 atom stereocenters. The van der Waals surface area contributed by atoms with Crippen LogP contribution in [0.2, 0.25) is 0 Å². The van der Waals surface area contributed by atoms with Gasteiger partial charge in [-0.2, -0.15) is 0 Å². The summed E-state index contributed by atoms with van der Waals surface area (Å²) in [6, 6.07) is 1.89. The number of ether oxygens (including phenoxy) is 1. The summed E-state index contributed by atoms with van der Waals surface area (Å²) in [4.78, 5) is 10.6. The molecule has 0 bridgehead atoms. The molecule has 5 nitrogen and oxygen atoms in total. The van der Waals surface area contributed by atoms with Gasteiger partial charge in [0.2, 0.25) is 5.88 Å². The lowest BCUT2D eigenvalue weighted by atomic mass is 9.94. The Morgan fingerprint density at radius 2 is 2.18 bits per heavy atom. The first-order chi connectivity index (χ1) is 8.33. The van der Waals surface area contributed by atoms with Crippen LogP contribution in [0.1, 0.15) is 19.3 Å². The zero-order chi connectivity index (χ0) is 12.1. The smallest absolute Gasteiger partial charge is 0.218 e. The molecular formula is C12H20N4O. The van der Waals surface area contributed by atoms with Gasteiger partial charge < -0.3 is 15.4 Å². The molecule has 1 fully saturated rings. The molecule has 94 valence electrons. The van der Waals surface area contributed by atoms with Crippen molar-refractivity contribution < 1.29 is 4.74 Å². The standard InChI is InChI=1S/C12H20N4O/c1-17-12-8-11(14-9-15-12)16-6-3-10(2-5-13)4-7-16/h8-10H,2-7,13H2,1H3. The molecule has 2 N–H and O–H groups in total. The fourth-order valence-corrected chi connectivity index (χ4v) is 2.30. The number of nitrogens with two attached hydrogens (primary N) is 1. The zero-order valence-electron chi connectivity index (χ0n) is 10.3. The van der Waals surface area contributed by atoms with Crippen LogP contribution in [0.15, 0.2) is 12.4 Å². The van der Waals surface area contributed by atoms with E-state index in [0.717, 1.165) is 37.8 Å². The van der Waals surface area contributed by atoms with E-state index in [1.165, 1.54) is 12.8 Å². The number of rotatable bonds is 4. The molecule has 0 amide bonds. The molecule has 0 saturated carbocycles. The molecule has 1 saturated heterocycles. The van der Waals surface area contributed by atoms with Gasteiger partial charge in [0.15, 0.2) is 0 Å². The molecule has 1 aliphatic rings. The minimum absolute atomic E-state index is 0.624. The number of hydrogen-bond acceptors (Lipinski definition) is 5. The molecule has 17 heavy (non-hydrogen) atoms. The van der Waals surface area contributed by atoms with Crippen molar-refractivity contribution in [3.8, 4) is 5.88 Å². The minimum Gasteiger partial charge on any atom is -0.481 e. The number of nitrogens with zero attached hydrogens (tertiary/aromatic N) is 3. The van der Waals surface area contributed by atoms with Gasteiger partial charge in [0.25, 0.3) is 0 Å². The molecule has 0 spiro atoms. The molecule has 2 rings (SSSR count). The van der Waals surface area contributed by atoms with Gasteiger partial charge in [-0.1, -0.05) is 0 Å². The Bertz CT molecular complexity index is 350. The van der Waals surface area contributed by atoms with E-state index >= 15 is 0 Å². The molecule has 0 unspecified atom stereocenters. The highest BCUT2D eigenvalue weighted by atomic mass is 16.5. The van der Waals surface area contributed by atoms with Crippen molar-refractivity contribution in [3.05, 3.63) is 12.4 Å². The van der Waals surface area contributed by atoms with Gasteiger partial charge in [-0.3, -0.25) is 0 Å². The van der Waals surface area contributed by atoms with E-state index in [2.05, 4.69) is 14.9 Å². The van der Waals surface area contributed by atoms with E-state index in [9.17, 15) is 0 Å². The van der Waals surface area contributed by atoms with Crippen LogP contribution in [0.25, 0.3) is 0 Å². The minimum atomic E-state index is 0.624.